The molecular weight excluding hydrogens is 350 g/mol. The molecule has 2 aromatic carbocycles. The van der Waals surface area contributed by atoms with E-state index in [9.17, 15) is 9.90 Å². The molecule has 2 heterocycles. The number of rotatable bonds is 5. The van der Waals surface area contributed by atoms with Crippen LogP contribution in [-0.4, -0.2) is 29.1 Å². The van der Waals surface area contributed by atoms with Gasteiger partial charge in [0.1, 0.15) is 0 Å². The average molecular weight is 373 g/mol. The minimum Gasteiger partial charge on any atom is -0.478 e. The Morgan fingerprint density at radius 2 is 2.11 bits per heavy atom. The first kappa shape index (κ1) is 18.2. The zero-order valence-corrected chi connectivity index (χ0v) is 15.8. The van der Waals surface area contributed by atoms with E-state index in [0.29, 0.717) is 12.2 Å². The van der Waals surface area contributed by atoms with Gasteiger partial charge in [-0.15, -0.1) is 0 Å². The van der Waals surface area contributed by atoms with Crippen molar-refractivity contribution in [2.45, 2.75) is 19.4 Å². The molecule has 3 N–H and O–H groups in total. The van der Waals surface area contributed by atoms with Gasteiger partial charge in [0, 0.05) is 18.8 Å². The molecule has 142 valence electrons. The highest BCUT2D eigenvalue weighted by Gasteiger charge is 2.21. The molecule has 1 aliphatic rings. The van der Waals surface area contributed by atoms with E-state index in [-0.39, 0.29) is 11.6 Å². The normalized spacial score (nSPS) is 15.7. The fourth-order valence-corrected chi connectivity index (χ4v) is 3.83. The van der Waals surface area contributed by atoms with Gasteiger partial charge in [-0.05, 0) is 53.8 Å². The molecule has 1 unspecified atom stereocenters. The topological polar surface area (TPSA) is 74.2 Å². The van der Waals surface area contributed by atoms with Crippen LogP contribution in [0.4, 0.5) is 5.69 Å². The lowest BCUT2D eigenvalue weighted by Crippen LogP contribution is -2.34. The molecule has 1 aliphatic heterocycles. The summed E-state index contributed by atoms with van der Waals surface area (Å²) < 4.78 is 0. The molecular formula is C23H23N3O2. The van der Waals surface area contributed by atoms with Gasteiger partial charge in [0.25, 0.3) is 0 Å². The molecule has 5 nitrogen and oxygen atoms in total. The molecule has 3 aromatic rings. The van der Waals surface area contributed by atoms with Crippen LogP contribution in [0, 0.1) is 6.92 Å². The molecule has 0 radical (unpaired) electrons. The quantitative estimate of drug-likeness (QED) is 0.629. The van der Waals surface area contributed by atoms with Gasteiger partial charge < -0.3 is 15.7 Å². The van der Waals surface area contributed by atoms with Gasteiger partial charge >= 0.3 is 5.97 Å². The maximum Gasteiger partial charge on any atom is 0.337 e. The zero-order chi connectivity index (χ0) is 19.5. The summed E-state index contributed by atoms with van der Waals surface area (Å²) in [4.78, 5) is 15.4. The summed E-state index contributed by atoms with van der Waals surface area (Å²) in [5.41, 5.74) is 7.16. The molecule has 0 spiro atoms. The Bertz CT molecular complexity index is 1020. The molecule has 1 atom stereocenters. The molecule has 0 bridgehead atoms. The van der Waals surface area contributed by atoms with Crippen LogP contribution in [0.25, 0.3) is 11.1 Å². The van der Waals surface area contributed by atoms with Gasteiger partial charge in [-0.3, -0.25) is 4.98 Å². The fourth-order valence-electron chi connectivity index (χ4n) is 3.83. The Balaban J connectivity index is 1.57. The van der Waals surface area contributed by atoms with Crippen LogP contribution in [0.3, 0.4) is 0 Å². The Hall–Kier alpha value is -3.18. The zero-order valence-electron chi connectivity index (χ0n) is 15.8. The number of hydrogen-bond acceptors (Lipinski definition) is 4. The van der Waals surface area contributed by atoms with Crippen molar-refractivity contribution in [3.63, 3.8) is 0 Å². The van der Waals surface area contributed by atoms with Crippen molar-refractivity contribution in [2.75, 3.05) is 18.4 Å². The second kappa shape index (κ2) is 7.82. The largest absolute Gasteiger partial charge is 0.478 e. The minimum atomic E-state index is -0.954. The van der Waals surface area contributed by atoms with Crippen molar-refractivity contribution in [2.24, 2.45) is 0 Å². The number of carboxylic acids is 1. The Morgan fingerprint density at radius 3 is 2.93 bits per heavy atom. The van der Waals surface area contributed by atoms with Crippen LogP contribution in [0.1, 0.15) is 33.1 Å². The monoisotopic (exact) mass is 373 g/mol. The third kappa shape index (κ3) is 3.62. The third-order valence-electron chi connectivity index (χ3n) is 5.31. The molecule has 0 amide bonds. The van der Waals surface area contributed by atoms with Crippen molar-refractivity contribution in [3.8, 4) is 11.1 Å². The van der Waals surface area contributed by atoms with Crippen LogP contribution in [-0.2, 0) is 6.42 Å². The van der Waals surface area contributed by atoms with Crippen LogP contribution in [0.15, 0.2) is 60.9 Å². The lowest BCUT2D eigenvalue weighted by molar-refractivity contribution is 0.0698. The number of carboxylic acid groups (broad SMARTS) is 1. The number of aryl methyl sites for hydroxylation is 1. The number of fused-ring (bicyclic) bond motifs is 1. The van der Waals surface area contributed by atoms with E-state index in [2.05, 4.69) is 65.0 Å². The second-order valence-corrected chi connectivity index (χ2v) is 7.09. The van der Waals surface area contributed by atoms with Gasteiger partial charge in [0.05, 0.1) is 17.4 Å². The van der Waals surface area contributed by atoms with Crippen LogP contribution in [0.2, 0.25) is 0 Å². The van der Waals surface area contributed by atoms with E-state index < -0.39 is 5.97 Å². The Kier molecular flexibility index (Phi) is 5.08. The lowest BCUT2D eigenvalue weighted by Gasteiger charge is -2.28. The molecule has 28 heavy (non-hydrogen) atoms. The highest BCUT2D eigenvalue weighted by Crippen LogP contribution is 2.30. The molecule has 0 saturated heterocycles. The number of benzene rings is 2. The predicted molar refractivity (Wildman–Crippen MR) is 111 cm³/mol. The van der Waals surface area contributed by atoms with Crippen LogP contribution >= 0.6 is 0 Å². The Labute approximate surface area is 164 Å². The molecule has 5 heteroatoms. The van der Waals surface area contributed by atoms with E-state index in [1.54, 1.807) is 6.20 Å². The van der Waals surface area contributed by atoms with E-state index in [0.717, 1.165) is 13.0 Å². The SMILES string of the molecule is Cc1ccccc1-c1ccc2c(c1)CCNC2CNc1cnccc1C(=O)O. The molecule has 0 saturated carbocycles. The van der Waals surface area contributed by atoms with Gasteiger partial charge in [0.15, 0.2) is 0 Å². The Morgan fingerprint density at radius 1 is 1.25 bits per heavy atom. The summed E-state index contributed by atoms with van der Waals surface area (Å²) in [7, 11) is 0. The summed E-state index contributed by atoms with van der Waals surface area (Å²) in [5, 5.41) is 16.1. The van der Waals surface area contributed by atoms with E-state index in [4.69, 9.17) is 0 Å². The van der Waals surface area contributed by atoms with Gasteiger partial charge in [-0.1, -0.05) is 42.5 Å². The molecule has 1 aromatic heterocycles. The molecule has 0 aliphatic carbocycles. The molecule has 0 fully saturated rings. The number of aromatic carboxylic acids is 1. The fraction of sp³-hybridized carbons (Fsp3) is 0.217. The number of nitrogens with zero attached hydrogens (tertiary/aromatic N) is 1. The predicted octanol–water partition coefficient (Wildman–Crippen LogP) is 4.05. The van der Waals surface area contributed by atoms with Crippen molar-refractivity contribution in [1.82, 2.24) is 10.3 Å². The van der Waals surface area contributed by atoms with Gasteiger partial charge in [-0.25, -0.2) is 4.79 Å². The third-order valence-corrected chi connectivity index (χ3v) is 5.31. The number of aromatic nitrogens is 1. The first-order valence-electron chi connectivity index (χ1n) is 9.47. The minimum absolute atomic E-state index is 0.122. The van der Waals surface area contributed by atoms with E-state index in [1.807, 2.05) is 0 Å². The molecule has 4 rings (SSSR count). The smallest absolute Gasteiger partial charge is 0.337 e. The number of anilines is 1. The van der Waals surface area contributed by atoms with E-state index in [1.165, 1.54) is 40.1 Å². The summed E-state index contributed by atoms with van der Waals surface area (Å²) in [6.07, 6.45) is 4.04. The van der Waals surface area contributed by atoms with Crippen molar-refractivity contribution < 1.29 is 9.90 Å². The van der Waals surface area contributed by atoms with Crippen LogP contribution in [0.5, 0.6) is 0 Å². The lowest BCUT2D eigenvalue weighted by atomic mass is 9.90. The number of nitrogens with one attached hydrogen (secondary N) is 2. The highest BCUT2D eigenvalue weighted by molar-refractivity contribution is 5.93. The van der Waals surface area contributed by atoms with Crippen LogP contribution < -0.4 is 10.6 Å². The summed E-state index contributed by atoms with van der Waals surface area (Å²) in [6, 6.07) is 16.7. The first-order chi connectivity index (χ1) is 13.6. The van der Waals surface area contributed by atoms with Crippen molar-refractivity contribution >= 4 is 11.7 Å². The first-order valence-corrected chi connectivity index (χ1v) is 9.47. The maximum absolute atomic E-state index is 11.4. The number of hydrogen-bond donors (Lipinski definition) is 3. The van der Waals surface area contributed by atoms with Gasteiger partial charge in [0.2, 0.25) is 0 Å². The highest BCUT2D eigenvalue weighted by atomic mass is 16.4. The summed E-state index contributed by atoms with van der Waals surface area (Å²) >= 11 is 0. The summed E-state index contributed by atoms with van der Waals surface area (Å²) in [5.74, 6) is -0.954. The van der Waals surface area contributed by atoms with Crippen molar-refractivity contribution in [3.05, 3.63) is 83.2 Å². The maximum atomic E-state index is 11.4. The number of pyridine rings is 1. The summed E-state index contributed by atoms with van der Waals surface area (Å²) in [6.45, 7) is 3.63. The second-order valence-electron chi connectivity index (χ2n) is 7.09. The standard InChI is InChI=1S/C23H23N3O2/c1-15-4-2-3-5-18(15)16-6-7-19-17(12-16)8-11-25-22(19)14-26-21-13-24-10-9-20(21)23(27)28/h2-7,9-10,12-13,22,25-26H,8,11,14H2,1H3,(H,27,28). The van der Waals surface area contributed by atoms with E-state index >= 15 is 0 Å². The average Bonchev–Trinajstić information content (AvgIpc) is 2.72. The van der Waals surface area contributed by atoms with Gasteiger partial charge in [-0.2, -0.15) is 0 Å². The van der Waals surface area contributed by atoms with Crippen molar-refractivity contribution in [1.29, 1.82) is 0 Å². The number of carbonyl (C=O) groups is 1.